The van der Waals surface area contributed by atoms with Gasteiger partial charge in [-0.3, -0.25) is 0 Å². The smallest absolute Gasteiger partial charge is 0.321 e. The molecule has 0 heterocycles. The molecule has 0 spiro atoms. The van der Waals surface area contributed by atoms with Gasteiger partial charge in [0.1, 0.15) is 6.07 Å². The average molecular weight is 282 g/mol. The minimum atomic E-state index is -0.221. The molecule has 4 nitrogen and oxygen atoms in total. The van der Waals surface area contributed by atoms with E-state index in [2.05, 4.69) is 21.2 Å². The van der Waals surface area contributed by atoms with Crippen LogP contribution in [0.2, 0.25) is 0 Å². The maximum absolute atomic E-state index is 11.6. The maximum Gasteiger partial charge on any atom is 0.321 e. The lowest BCUT2D eigenvalue weighted by atomic mass is 10.2. The van der Waals surface area contributed by atoms with E-state index < -0.39 is 0 Å². The first kappa shape index (κ1) is 12.5. The van der Waals surface area contributed by atoms with Crippen molar-refractivity contribution in [3.05, 3.63) is 28.2 Å². The Balaban J connectivity index is 2.90. The third kappa shape index (κ3) is 2.97. The Bertz CT molecular complexity index is 439. The summed E-state index contributed by atoms with van der Waals surface area (Å²) in [5.74, 6) is 0. The summed E-state index contributed by atoms with van der Waals surface area (Å²) in [6.45, 7) is 2.50. The molecule has 0 fully saturated rings. The van der Waals surface area contributed by atoms with E-state index in [1.54, 1.807) is 25.2 Å². The van der Waals surface area contributed by atoms with Gasteiger partial charge in [-0.25, -0.2) is 4.79 Å². The summed E-state index contributed by atoms with van der Waals surface area (Å²) in [5, 5.41) is 11.6. The number of hydrogen-bond donors (Lipinski definition) is 1. The Labute approximate surface area is 103 Å². The predicted octanol–water partition coefficient (Wildman–Crippen LogP) is 2.80. The number of halogens is 1. The number of amides is 2. The molecule has 0 unspecified atom stereocenters. The average Bonchev–Trinajstić information content (AvgIpc) is 2.30. The van der Waals surface area contributed by atoms with Crippen LogP contribution < -0.4 is 5.32 Å². The number of anilines is 1. The summed E-state index contributed by atoms with van der Waals surface area (Å²) >= 11 is 3.27. The maximum atomic E-state index is 11.6. The second-order valence-corrected chi connectivity index (χ2v) is 4.16. The molecule has 0 aliphatic rings. The van der Waals surface area contributed by atoms with Crippen molar-refractivity contribution in [2.24, 2.45) is 0 Å². The molecular formula is C11H12BrN3O. The molecule has 1 aromatic carbocycles. The standard InChI is InChI=1S/C11H12BrN3O/c1-3-15(2)11(16)14-10-5-4-9(12)6-8(10)7-13/h4-6H,3H2,1-2H3,(H,14,16). The number of rotatable bonds is 2. The molecule has 0 aliphatic carbocycles. The Hall–Kier alpha value is -1.54. The molecule has 0 saturated heterocycles. The highest BCUT2D eigenvalue weighted by Crippen LogP contribution is 2.20. The van der Waals surface area contributed by atoms with E-state index in [1.165, 1.54) is 4.90 Å². The molecule has 84 valence electrons. The van der Waals surface area contributed by atoms with Gasteiger partial charge in [-0.1, -0.05) is 15.9 Å². The molecule has 0 atom stereocenters. The highest BCUT2D eigenvalue weighted by atomic mass is 79.9. The van der Waals surface area contributed by atoms with Gasteiger partial charge in [-0.2, -0.15) is 5.26 Å². The van der Waals surface area contributed by atoms with Crippen LogP contribution in [-0.2, 0) is 0 Å². The second-order valence-electron chi connectivity index (χ2n) is 3.25. The minimum Gasteiger partial charge on any atom is -0.328 e. The Morgan fingerprint density at radius 3 is 2.88 bits per heavy atom. The van der Waals surface area contributed by atoms with Crippen LogP contribution in [0.5, 0.6) is 0 Å². The van der Waals surface area contributed by atoms with E-state index in [9.17, 15) is 4.79 Å². The van der Waals surface area contributed by atoms with Crippen LogP contribution in [0.1, 0.15) is 12.5 Å². The lowest BCUT2D eigenvalue weighted by Crippen LogP contribution is -2.31. The summed E-state index contributed by atoms with van der Waals surface area (Å²) in [6.07, 6.45) is 0. The molecule has 0 saturated carbocycles. The van der Waals surface area contributed by atoms with E-state index in [0.717, 1.165) is 4.47 Å². The quantitative estimate of drug-likeness (QED) is 0.906. The zero-order chi connectivity index (χ0) is 12.1. The van der Waals surface area contributed by atoms with Crippen LogP contribution in [0.25, 0.3) is 0 Å². The minimum absolute atomic E-state index is 0.221. The summed E-state index contributed by atoms with van der Waals surface area (Å²) < 4.78 is 0.811. The highest BCUT2D eigenvalue weighted by molar-refractivity contribution is 9.10. The van der Waals surface area contributed by atoms with Gasteiger partial charge < -0.3 is 10.2 Å². The Morgan fingerprint density at radius 1 is 1.62 bits per heavy atom. The van der Waals surface area contributed by atoms with Crippen molar-refractivity contribution in [1.29, 1.82) is 5.26 Å². The third-order valence-corrected chi connectivity index (χ3v) is 2.66. The zero-order valence-corrected chi connectivity index (χ0v) is 10.7. The van der Waals surface area contributed by atoms with Crippen molar-refractivity contribution in [2.75, 3.05) is 18.9 Å². The van der Waals surface area contributed by atoms with Crippen LogP contribution in [0.15, 0.2) is 22.7 Å². The third-order valence-electron chi connectivity index (χ3n) is 2.16. The molecule has 1 rings (SSSR count). The monoisotopic (exact) mass is 281 g/mol. The van der Waals surface area contributed by atoms with Gasteiger partial charge in [0.15, 0.2) is 0 Å². The molecule has 2 amide bonds. The number of carbonyl (C=O) groups is 1. The number of carbonyl (C=O) groups excluding carboxylic acids is 1. The van der Waals surface area contributed by atoms with Gasteiger partial charge in [0.25, 0.3) is 0 Å². The van der Waals surface area contributed by atoms with Gasteiger partial charge in [0, 0.05) is 18.1 Å². The first-order chi connectivity index (χ1) is 7.58. The van der Waals surface area contributed by atoms with E-state index in [1.807, 2.05) is 13.0 Å². The van der Waals surface area contributed by atoms with E-state index >= 15 is 0 Å². The van der Waals surface area contributed by atoms with Crippen LogP contribution in [0, 0.1) is 11.3 Å². The largest absolute Gasteiger partial charge is 0.328 e. The number of nitriles is 1. The molecule has 0 bridgehead atoms. The van der Waals surface area contributed by atoms with Gasteiger partial charge >= 0.3 is 6.03 Å². The molecule has 5 heteroatoms. The fourth-order valence-corrected chi connectivity index (χ4v) is 1.43. The summed E-state index contributed by atoms with van der Waals surface area (Å²) in [6, 6.07) is 6.96. The van der Waals surface area contributed by atoms with Crippen molar-refractivity contribution in [2.45, 2.75) is 6.92 Å². The topological polar surface area (TPSA) is 56.1 Å². The van der Waals surface area contributed by atoms with Crippen molar-refractivity contribution < 1.29 is 4.79 Å². The number of nitrogens with one attached hydrogen (secondary N) is 1. The molecule has 0 aromatic heterocycles. The molecule has 1 aromatic rings. The number of nitrogens with zero attached hydrogens (tertiary/aromatic N) is 2. The van der Waals surface area contributed by atoms with Crippen LogP contribution in [-0.4, -0.2) is 24.5 Å². The fraction of sp³-hybridized carbons (Fsp3) is 0.273. The van der Waals surface area contributed by atoms with Crippen LogP contribution in [0.4, 0.5) is 10.5 Å². The molecule has 0 radical (unpaired) electrons. The normalized spacial score (nSPS) is 9.38. The lowest BCUT2D eigenvalue weighted by Gasteiger charge is -2.16. The first-order valence-corrected chi connectivity index (χ1v) is 5.59. The van der Waals surface area contributed by atoms with Crippen molar-refractivity contribution in [3.63, 3.8) is 0 Å². The van der Waals surface area contributed by atoms with Gasteiger partial charge in [-0.05, 0) is 25.1 Å². The van der Waals surface area contributed by atoms with Crippen LogP contribution in [0.3, 0.4) is 0 Å². The first-order valence-electron chi connectivity index (χ1n) is 4.80. The SMILES string of the molecule is CCN(C)C(=O)Nc1ccc(Br)cc1C#N. The summed E-state index contributed by atoms with van der Waals surface area (Å²) in [7, 11) is 1.69. The molecule has 0 aliphatic heterocycles. The number of urea groups is 1. The molecular weight excluding hydrogens is 270 g/mol. The van der Waals surface area contributed by atoms with E-state index in [0.29, 0.717) is 17.8 Å². The van der Waals surface area contributed by atoms with Gasteiger partial charge in [0.2, 0.25) is 0 Å². The predicted molar refractivity (Wildman–Crippen MR) is 66.2 cm³/mol. The van der Waals surface area contributed by atoms with Gasteiger partial charge in [0.05, 0.1) is 11.3 Å². The molecule has 16 heavy (non-hydrogen) atoms. The van der Waals surface area contributed by atoms with E-state index in [4.69, 9.17) is 5.26 Å². The highest BCUT2D eigenvalue weighted by Gasteiger charge is 2.09. The summed E-state index contributed by atoms with van der Waals surface area (Å²) in [4.78, 5) is 13.1. The van der Waals surface area contributed by atoms with Gasteiger partial charge in [-0.15, -0.1) is 0 Å². The van der Waals surface area contributed by atoms with Crippen molar-refractivity contribution in [3.8, 4) is 6.07 Å². The molecule has 1 N–H and O–H groups in total. The van der Waals surface area contributed by atoms with Crippen molar-refractivity contribution >= 4 is 27.6 Å². The zero-order valence-electron chi connectivity index (χ0n) is 9.12. The fourth-order valence-electron chi connectivity index (χ4n) is 1.07. The second kappa shape index (κ2) is 5.52. The van der Waals surface area contributed by atoms with Crippen LogP contribution >= 0.6 is 15.9 Å². The Kier molecular flexibility index (Phi) is 4.32. The Morgan fingerprint density at radius 2 is 2.31 bits per heavy atom. The summed E-state index contributed by atoms with van der Waals surface area (Å²) in [5.41, 5.74) is 0.961. The van der Waals surface area contributed by atoms with E-state index in [-0.39, 0.29) is 6.03 Å². The lowest BCUT2D eigenvalue weighted by molar-refractivity contribution is 0.224. The number of hydrogen-bond acceptors (Lipinski definition) is 2. The van der Waals surface area contributed by atoms with Crippen molar-refractivity contribution in [1.82, 2.24) is 4.90 Å². The number of benzene rings is 1.